The predicted molar refractivity (Wildman–Crippen MR) is 168 cm³/mol. The highest BCUT2D eigenvalue weighted by atomic mass is 19.4. The van der Waals surface area contributed by atoms with E-state index in [9.17, 15) is 42.8 Å². The van der Waals surface area contributed by atoms with Gasteiger partial charge in [-0.1, -0.05) is 6.07 Å². The second-order valence-corrected chi connectivity index (χ2v) is 13.2. The van der Waals surface area contributed by atoms with Crippen molar-refractivity contribution in [3.8, 4) is 0 Å². The molecule has 2 aromatic rings. The number of aliphatic hydroxyl groups excluding tert-OH is 1. The minimum absolute atomic E-state index is 0.0734. The topological polar surface area (TPSA) is 158 Å². The summed E-state index contributed by atoms with van der Waals surface area (Å²) in [5, 5.41) is 24.4. The summed E-state index contributed by atoms with van der Waals surface area (Å²) in [6.45, 7) is 2.08. The van der Waals surface area contributed by atoms with Gasteiger partial charge in [-0.15, -0.1) is 0 Å². The maximum Gasteiger partial charge on any atom is 0.417 e. The summed E-state index contributed by atoms with van der Waals surface area (Å²) in [5.41, 5.74) is -0.123. The van der Waals surface area contributed by atoms with Crippen molar-refractivity contribution in [2.75, 3.05) is 26.8 Å². The maximum atomic E-state index is 13.5. The number of nitrogens with zero attached hydrogens (tertiary/aromatic N) is 2. The van der Waals surface area contributed by atoms with E-state index in [1.54, 1.807) is 6.07 Å². The Hall–Kier alpha value is -4.24. The van der Waals surface area contributed by atoms with E-state index in [2.05, 4.69) is 10.1 Å². The van der Waals surface area contributed by atoms with Crippen LogP contribution >= 0.6 is 0 Å². The second-order valence-electron chi connectivity index (χ2n) is 13.2. The van der Waals surface area contributed by atoms with E-state index in [-0.39, 0.29) is 42.8 Å². The summed E-state index contributed by atoms with van der Waals surface area (Å²) in [4.78, 5) is 50.9. The van der Waals surface area contributed by atoms with E-state index in [1.807, 2.05) is 0 Å². The standard InChI is InChI=1S/C34H40F3N3O9/c1-20(41)29(30(42)39-13-9-21(10-14-39)22-4-6-28(34(35,36)37)27(16-22)31(43)47-2)38-32(44)48-18-23-3-5-25(40(45)46)15-24(23)17-33-11-7-26(8-12-33)49-19-33/h3-6,15-16,20-21,26,29,41H,7-14,17-19H2,1-2H3,(H,38,44)/t20-,26?,29+,33?/m1/s1. The summed E-state index contributed by atoms with van der Waals surface area (Å²) < 4.78 is 56.3. The van der Waals surface area contributed by atoms with Gasteiger partial charge in [-0.2, -0.15) is 13.2 Å². The van der Waals surface area contributed by atoms with Gasteiger partial charge in [0.15, 0.2) is 0 Å². The molecule has 0 aromatic heterocycles. The van der Waals surface area contributed by atoms with E-state index in [0.29, 0.717) is 42.6 Å². The number of hydrogen-bond acceptors (Lipinski definition) is 9. The van der Waals surface area contributed by atoms with Crippen molar-refractivity contribution >= 4 is 23.7 Å². The monoisotopic (exact) mass is 691 g/mol. The zero-order valence-electron chi connectivity index (χ0n) is 27.3. The summed E-state index contributed by atoms with van der Waals surface area (Å²) in [5.74, 6) is -1.91. The first-order valence-corrected chi connectivity index (χ1v) is 16.3. The van der Waals surface area contributed by atoms with Crippen molar-refractivity contribution in [2.24, 2.45) is 5.41 Å². The Morgan fingerprint density at radius 3 is 2.37 bits per heavy atom. The maximum absolute atomic E-state index is 13.5. The summed E-state index contributed by atoms with van der Waals surface area (Å²) in [6.07, 6.45) is -1.72. The molecule has 15 heteroatoms. The fourth-order valence-corrected chi connectivity index (χ4v) is 7.14. The SMILES string of the molecule is COC(=O)c1cc(C2CCN(C(=O)[C@@H](NC(=O)OCc3ccc([N+](=O)[O-])cc3CC34CCC(CC3)OC4)[C@@H](C)O)CC2)ccc1C(F)(F)F. The molecule has 12 nitrogen and oxygen atoms in total. The number of fused-ring (bicyclic) bond motifs is 3. The molecule has 1 saturated carbocycles. The van der Waals surface area contributed by atoms with Crippen LogP contribution in [0.4, 0.5) is 23.7 Å². The number of alkyl carbamates (subject to hydrolysis) is 1. The molecule has 4 fully saturated rings. The van der Waals surface area contributed by atoms with Gasteiger partial charge in [-0.05, 0) is 98.1 Å². The number of halogens is 3. The number of ether oxygens (including phenoxy) is 3. The van der Waals surface area contributed by atoms with E-state index in [4.69, 9.17) is 9.47 Å². The van der Waals surface area contributed by atoms with Crippen LogP contribution in [0.25, 0.3) is 0 Å². The molecular weight excluding hydrogens is 651 g/mol. The third kappa shape index (κ3) is 8.32. The number of amides is 2. The van der Waals surface area contributed by atoms with Crippen LogP contribution in [0.5, 0.6) is 0 Å². The molecule has 6 rings (SSSR count). The molecule has 0 radical (unpaired) electrons. The normalized spacial score (nSPS) is 22.2. The van der Waals surface area contributed by atoms with Crippen LogP contribution in [-0.4, -0.2) is 78.0 Å². The van der Waals surface area contributed by atoms with E-state index >= 15 is 0 Å². The lowest BCUT2D eigenvalue weighted by Gasteiger charge is -2.46. The number of nitro groups is 1. The molecule has 0 spiro atoms. The average Bonchev–Trinajstić information content (AvgIpc) is 3.09. The van der Waals surface area contributed by atoms with Crippen molar-refractivity contribution < 1.29 is 51.8 Å². The Kier molecular flexibility index (Phi) is 10.8. The Morgan fingerprint density at radius 2 is 1.80 bits per heavy atom. The zero-order valence-corrected chi connectivity index (χ0v) is 27.3. The predicted octanol–water partition coefficient (Wildman–Crippen LogP) is 5.28. The van der Waals surface area contributed by atoms with Crippen LogP contribution in [0.15, 0.2) is 36.4 Å². The molecule has 3 aliphatic heterocycles. The number of nitro benzene ring substituents is 1. The highest BCUT2D eigenvalue weighted by molar-refractivity contribution is 5.91. The molecule has 2 amide bonds. The zero-order chi connectivity index (χ0) is 35.5. The van der Waals surface area contributed by atoms with E-state index in [1.165, 1.54) is 36.1 Å². The molecule has 266 valence electrons. The highest BCUT2D eigenvalue weighted by Crippen LogP contribution is 2.46. The van der Waals surface area contributed by atoms with Crippen molar-refractivity contribution in [2.45, 2.75) is 88.8 Å². The molecule has 3 saturated heterocycles. The van der Waals surface area contributed by atoms with Crippen LogP contribution in [0.1, 0.15) is 84.0 Å². The minimum atomic E-state index is -4.74. The fourth-order valence-electron chi connectivity index (χ4n) is 7.14. The lowest BCUT2D eigenvalue weighted by Crippen LogP contribution is -2.55. The minimum Gasteiger partial charge on any atom is -0.465 e. The second kappa shape index (κ2) is 14.7. The molecule has 2 aromatic carbocycles. The summed E-state index contributed by atoms with van der Waals surface area (Å²) in [7, 11) is 1.01. The molecule has 2 N–H and O–H groups in total. The summed E-state index contributed by atoms with van der Waals surface area (Å²) >= 11 is 0. The molecular formula is C34H40F3N3O9. The smallest absolute Gasteiger partial charge is 0.417 e. The first-order chi connectivity index (χ1) is 23.2. The van der Waals surface area contributed by atoms with Gasteiger partial charge < -0.3 is 29.5 Å². The molecule has 0 unspecified atom stereocenters. The molecule has 1 aliphatic carbocycles. The number of non-ortho nitro benzene ring substituents is 1. The number of likely N-dealkylation sites (tertiary alicyclic amines) is 1. The third-order valence-corrected chi connectivity index (χ3v) is 10.00. The average molecular weight is 692 g/mol. The van der Waals surface area contributed by atoms with Crippen LogP contribution < -0.4 is 5.32 Å². The molecule has 49 heavy (non-hydrogen) atoms. The van der Waals surface area contributed by atoms with Crippen LogP contribution in [-0.2, 0) is 38.2 Å². The largest absolute Gasteiger partial charge is 0.465 e. The molecule has 3 heterocycles. The van der Waals surface area contributed by atoms with Crippen molar-refractivity contribution in [3.63, 3.8) is 0 Å². The van der Waals surface area contributed by atoms with E-state index < -0.39 is 52.3 Å². The van der Waals surface area contributed by atoms with Crippen molar-refractivity contribution in [1.82, 2.24) is 10.2 Å². The number of carbonyl (C=O) groups excluding carboxylic acids is 3. The number of nitrogens with one attached hydrogen (secondary N) is 1. The number of benzene rings is 2. The van der Waals surface area contributed by atoms with E-state index in [0.717, 1.165) is 38.9 Å². The number of rotatable bonds is 10. The Labute approximate surface area is 281 Å². The third-order valence-electron chi connectivity index (χ3n) is 10.00. The van der Waals surface area contributed by atoms with Crippen LogP contribution in [0.3, 0.4) is 0 Å². The van der Waals surface area contributed by atoms with Gasteiger partial charge in [0.2, 0.25) is 5.91 Å². The number of esters is 1. The van der Waals surface area contributed by atoms with Gasteiger partial charge in [0.25, 0.3) is 5.69 Å². The van der Waals surface area contributed by atoms with Gasteiger partial charge in [-0.25, -0.2) is 9.59 Å². The van der Waals surface area contributed by atoms with Gasteiger partial charge in [0.05, 0.1) is 42.0 Å². The van der Waals surface area contributed by atoms with Crippen molar-refractivity contribution in [3.05, 3.63) is 74.3 Å². The number of piperidine rings is 1. The number of carbonyl (C=O) groups is 3. The molecule has 2 atom stereocenters. The van der Waals surface area contributed by atoms with Gasteiger partial charge in [0.1, 0.15) is 12.6 Å². The fraction of sp³-hybridized carbons (Fsp3) is 0.559. The first-order valence-electron chi connectivity index (χ1n) is 16.3. The van der Waals surface area contributed by atoms with Gasteiger partial charge in [0, 0.05) is 25.2 Å². The number of aliphatic hydroxyl groups is 1. The van der Waals surface area contributed by atoms with Crippen molar-refractivity contribution in [1.29, 1.82) is 0 Å². The quantitative estimate of drug-likeness (QED) is 0.192. The lowest BCUT2D eigenvalue weighted by atomic mass is 9.67. The lowest BCUT2D eigenvalue weighted by molar-refractivity contribution is -0.385. The highest BCUT2D eigenvalue weighted by Gasteiger charge is 2.42. The molecule has 4 aliphatic rings. The van der Waals surface area contributed by atoms with Crippen LogP contribution in [0, 0.1) is 15.5 Å². The summed E-state index contributed by atoms with van der Waals surface area (Å²) in [6, 6.07) is 6.40. The van der Waals surface area contributed by atoms with Gasteiger partial charge in [-0.3, -0.25) is 14.9 Å². The first kappa shape index (κ1) is 36.1. The van der Waals surface area contributed by atoms with Gasteiger partial charge >= 0.3 is 18.2 Å². The Bertz CT molecular complexity index is 1550. The molecule has 2 bridgehead atoms. The Morgan fingerprint density at radius 1 is 1.10 bits per heavy atom. The Balaban J connectivity index is 1.20. The number of alkyl halides is 3. The number of methoxy groups -OCH3 is 1. The number of hydrogen-bond donors (Lipinski definition) is 2. The van der Waals surface area contributed by atoms with Crippen LogP contribution in [0.2, 0.25) is 0 Å².